The van der Waals surface area contributed by atoms with E-state index in [1.54, 1.807) is 35.1 Å². The number of carbonyl (C=O) groups is 2. The van der Waals surface area contributed by atoms with Crippen LogP contribution in [0.15, 0.2) is 24.5 Å². The largest absolute Gasteiger partial charge is 0.490 e. The lowest BCUT2D eigenvalue weighted by molar-refractivity contribution is -0.192. The first-order chi connectivity index (χ1) is 15.1. The number of hydrogen-bond donors (Lipinski definition) is 2. The monoisotopic (exact) mass is 456 g/mol. The summed E-state index contributed by atoms with van der Waals surface area (Å²) >= 11 is 0. The van der Waals surface area contributed by atoms with Crippen molar-refractivity contribution in [3.8, 4) is 0 Å². The molecule has 32 heavy (non-hydrogen) atoms. The van der Waals surface area contributed by atoms with Gasteiger partial charge in [0.2, 0.25) is 0 Å². The zero-order valence-electron chi connectivity index (χ0n) is 17.2. The van der Waals surface area contributed by atoms with Crippen LogP contribution in [0.1, 0.15) is 41.6 Å². The maximum Gasteiger partial charge on any atom is 0.490 e. The minimum atomic E-state index is -5.08. The fourth-order valence-electron chi connectivity index (χ4n) is 3.11. The molecule has 2 aromatic rings. The molecule has 2 N–H and O–H groups in total. The van der Waals surface area contributed by atoms with Crippen LogP contribution in [0, 0.1) is 0 Å². The van der Waals surface area contributed by atoms with Gasteiger partial charge in [0.15, 0.2) is 5.82 Å². The number of carbonyl (C=O) groups excluding carboxylic acids is 1. The third kappa shape index (κ3) is 5.93. The van der Waals surface area contributed by atoms with Crippen LogP contribution in [-0.2, 0) is 16.6 Å². The third-order valence-corrected chi connectivity index (χ3v) is 4.99. The van der Waals surface area contributed by atoms with Gasteiger partial charge in [0.25, 0.3) is 5.91 Å². The minimum absolute atomic E-state index is 0.116. The van der Waals surface area contributed by atoms with Gasteiger partial charge in [-0.3, -0.25) is 9.48 Å². The third-order valence-electron chi connectivity index (χ3n) is 4.99. The second kappa shape index (κ2) is 9.94. The Labute approximate surface area is 181 Å². The molecule has 0 aromatic carbocycles. The highest BCUT2D eigenvalue weighted by Gasteiger charge is 2.38. The van der Waals surface area contributed by atoms with Gasteiger partial charge in [-0.2, -0.15) is 18.3 Å². The number of aliphatic carboxylic acids is 1. The average Bonchev–Trinajstić information content (AvgIpc) is 3.16. The van der Waals surface area contributed by atoms with Crippen molar-refractivity contribution in [1.29, 1.82) is 0 Å². The SMILES string of the molecule is Cn1ccc(C(=O)N2CCOCC2c2nccc(NC3CCC3)n2)n1.O=C(O)C(F)(F)F. The second-order valence-electron chi connectivity index (χ2n) is 7.34. The van der Waals surface area contributed by atoms with Gasteiger partial charge in [-0.15, -0.1) is 0 Å². The topological polar surface area (TPSA) is 122 Å². The Hall–Kier alpha value is -3.22. The Morgan fingerprint density at radius 1 is 1.28 bits per heavy atom. The first kappa shape index (κ1) is 23.4. The summed E-state index contributed by atoms with van der Waals surface area (Å²) in [5.41, 5.74) is 0.429. The minimum Gasteiger partial charge on any atom is -0.475 e. The zero-order chi connectivity index (χ0) is 23.3. The summed E-state index contributed by atoms with van der Waals surface area (Å²) in [4.78, 5) is 32.5. The number of alkyl halides is 3. The summed E-state index contributed by atoms with van der Waals surface area (Å²) in [5, 5.41) is 14.8. The van der Waals surface area contributed by atoms with Crippen molar-refractivity contribution in [3.63, 3.8) is 0 Å². The summed E-state index contributed by atoms with van der Waals surface area (Å²) in [6.07, 6.45) is 2.04. The number of anilines is 1. The van der Waals surface area contributed by atoms with Crippen LogP contribution in [0.2, 0.25) is 0 Å². The number of carboxylic acids is 1. The van der Waals surface area contributed by atoms with Gasteiger partial charge < -0.3 is 20.1 Å². The van der Waals surface area contributed by atoms with E-state index in [1.807, 2.05) is 6.07 Å². The molecule has 1 saturated carbocycles. The molecule has 1 saturated heterocycles. The van der Waals surface area contributed by atoms with Crippen LogP contribution in [0.25, 0.3) is 0 Å². The van der Waals surface area contributed by atoms with Gasteiger partial charge in [-0.25, -0.2) is 14.8 Å². The van der Waals surface area contributed by atoms with Crippen LogP contribution in [0.5, 0.6) is 0 Å². The molecule has 0 bridgehead atoms. The Kier molecular flexibility index (Phi) is 7.28. The van der Waals surface area contributed by atoms with E-state index in [9.17, 15) is 18.0 Å². The van der Waals surface area contributed by atoms with Crippen LogP contribution >= 0.6 is 0 Å². The molecule has 1 amide bonds. The lowest BCUT2D eigenvalue weighted by Gasteiger charge is -2.34. The number of amides is 1. The molecule has 1 aliphatic heterocycles. The van der Waals surface area contributed by atoms with Crippen LogP contribution in [0.4, 0.5) is 19.0 Å². The van der Waals surface area contributed by atoms with Crippen LogP contribution in [0.3, 0.4) is 0 Å². The predicted molar refractivity (Wildman–Crippen MR) is 105 cm³/mol. The van der Waals surface area contributed by atoms with Crippen LogP contribution < -0.4 is 5.32 Å². The summed E-state index contributed by atoms with van der Waals surface area (Å²) in [7, 11) is 1.80. The summed E-state index contributed by atoms with van der Waals surface area (Å²) in [6, 6.07) is 3.80. The molecule has 0 spiro atoms. The van der Waals surface area contributed by atoms with Gasteiger partial charge in [0, 0.05) is 32.0 Å². The highest BCUT2D eigenvalue weighted by Crippen LogP contribution is 2.26. The van der Waals surface area contributed by atoms with E-state index in [2.05, 4.69) is 20.4 Å². The number of hydrogen-bond acceptors (Lipinski definition) is 7. The van der Waals surface area contributed by atoms with Crippen molar-refractivity contribution in [2.75, 3.05) is 25.1 Å². The fraction of sp³-hybridized carbons (Fsp3) is 0.526. The van der Waals surface area contributed by atoms with Gasteiger partial charge in [-0.1, -0.05) is 0 Å². The van der Waals surface area contributed by atoms with Gasteiger partial charge in [0.05, 0.1) is 13.2 Å². The molecule has 4 rings (SSSR count). The fourth-order valence-corrected chi connectivity index (χ4v) is 3.11. The van der Waals surface area contributed by atoms with Gasteiger partial charge in [-0.05, 0) is 31.4 Å². The van der Waals surface area contributed by atoms with E-state index in [1.165, 1.54) is 19.3 Å². The van der Waals surface area contributed by atoms with Crippen molar-refractivity contribution in [1.82, 2.24) is 24.6 Å². The number of morpholine rings is 1. The standard InChI is InChI=1S/C17H22N6O2.C2HF3O2/c1-22-8-6-13(21-22)17(24)23-9-10-25-11-14(23)16-18-7-5-15(20-16)19-12-3-2-4-12;3-2(4,5)1(6)7/h5-8,12,14H,2-4,9-11H2,1H3,(H,18,19,20);(H,6,7). The van der Waals surface area contributed by atoms with E-state index in [0.717, 1.165) is 5.82 Å². The van der Waals surface area contributed by atoms with E-state index in [4.69, 9.17) is 14.6 Å². The quantitative estimate of drug-likeness (QED) is 0.717. The van der Waals surface area contributed by atoms with Gasteiger partial charge in [0.1, 0.15) is 17.6 Å². The summed E-state index contributed by atoms with van der Waals surface area (Å²) < 4.78 is 39.0. The zero-order valence-corrected chi connectivity index (χ0v) is 17.2. The first-order valence-electron chi connectivity index (χ1n) is 9.93. The van der Waals surface area contributed by atoms with E-state index < -0.39 is 12.1 Å². The number of halogens is 3. The Morgan fingerprint density at radius 3 is 2.56 bits per heavy atom. The molecular formula is C19H23F3N6O4. The van der Waals surface area contributed by atoms with Gasteiger partial charge >= 0.3 is 12.1 Å². The molecule has 1 aliphatic carbocycles. The van der Waals surface area contributed by atoms with Crippen molar-refractivity contribution >= 4 is 17.7 Å². The molecule has 1 atom stereocenters. The highest BCUT2D eigenvalue weighted by atomic mass is 19.4. The lowest BCUT2D eigenvalue weighted by Crippen LogP contribution is -2.44. The first-order valence-corrected chi connectivity index (χ1v) is 9.93. The van der Waals surface area contributed by atoms with Crippen LogP contribution in [-0.4, -0.2) is 73.6 Å². The molecular weight excluding hydrogens is 433 g/mol. The summed E-state index contributed by atoms with van der Waals surface area (Å²) in [6.45, 7) is 1.41. The lowest BCUT2D eigenvalue weighted by atomic mass is 9.93. The van der Waals surface area contributed by atoms with Crippen molar-refractivity contribution in [3.05, 3.63) is 36.0 Å². The molecule has 2 aromatic heterocycles. The Balaban J connectivity index is 0.000000360. The molecule has 3 heterocycles. The molecule has 0 radical (unpaired) electrons. The normalized spacial score (nSPS) is 18.9. The highest BCUT2D eigenvalue weighted by molar-refractivity contribution is 5.92. The van der Waals surface area contributed by atoms with E-state index >= 15 is 0 Å². The molecule has 10 nitrogen and oxygen atoms in total. The number of rotatable bonds is 4. The molecule has 2 fully saturated rings. The number of ether oxygens (including phenoxy) is 1. The number of carboxylic acid groups (broad SMARTS) is 1. The average molecular weight is 456 g/mol. The Bertz CT molecular complexity index is 947. The predicted octanol–water partition coefficient (Wildman–Crippen LogP) is 2.02. The van der Waals surface area contributed by atoms with E-state index in [0.29, 0.717) is 37.3 Å². The second-order valence-corrected chi connectivity index (χ2v) is 7.34. The molecule has 1 unspecified atom stereocenters. The Morgan fingerprint density at radius 2 is 2.00 bits per heavy atom. The maximum atomic E-state index is 12.8. The van der Waals surface area contributed by atoms with Crippen molar-refractivity contribution in [2.45, 2.75) is 37.5 Å². The smallest absolute Gasteiger partial charge is 0.475 e. The number of nitrogens with one attached hydrogen (secondary N) is 1. The van der Waals surface area contributed by atoms with Crippen molar-refractivity contribution < 1.29 is 32.6 Å². The maximum absolute atomic E-state index is 12.8. The molecule has 13 heteroatoms. The van der Waals surface area contributed by atoms with E-state index in [-0.39, 0.29) is 11.9 Å². The molecule has 2 aliphatic rings. The number of aromatic nitrogens is 4. The number of aryl methyl sites for hydroxylation is 1. The summed E-state index contributed by atoms with van der Waals surface area (Å²) in [5.74, 6) is -1.46. The molecule has 174 valence electrons. The number of nitrogens with zero attached hydrogens (tertiary/aromatic N) is 5. The van der Waals surface area contributed by atoms with Crippen molar-refractivity contribution in [2.24, 2.45) is 7.05 Å².